The molecule has 4 heteroatoms. The van der Waals surface area contributed by atoms with Crippen LogP contribution in [0.15, 0.2) is 12.3 Å². The normalized spacial score (nSPS) is 9.58. The molecule has 0 aliphatic heterocycles. The highest BCUT2D eigenvalue weighted by atomic mass is 15.3. The number of aromatic nitrogens is 2. The van der Waals surface area contributed by atoms with Crippen LogP contribution in [-0.2, 0) is 6.54 Å². The molecule has 0 fully saturated rings. The van der Waals surface area contributed by atoms with Gasteiger partial charge in [-0.05, 0) is 18.9 Å². The molecule has 0 aliphatic rings. The highest BCUT2D eigenvalue weighted by Crippen LogP contribution is 2.00. The smallest absolute Gasteiger partial charge is 0.145 e. The molecule has 0 saturated heterocycles. The van der Waals surface area contributed by atoms with Gasteiger partial charge in [0, 0.05) is 19.2 Å². The first-order valence-electron chi connectivity index (χ1n) is 3.99. The summed E-state index contributed by atoms with van der Waals surface area (Å²) in [6, 6.07) is 3.87. The third-order valence-corrected chi connectivity index (χ3v) is 1.59. The predicted molar refractivity (Wildman–Crippen MR) is 46.1 cm³/mol. The van der Waals surface area contributed by atoms with Gasteiger partial charge in [0.2, 0.25) is 0 Å². The first-order chi connectivity index (χ1) is 5.83. The SMILES string of the molecule is N#CCCCCn1ccc(N)n1. The van der Waals surface area contributed by atoms with Crippen molar-refractivity contribution in [2.24, 2.45) is 0 Å². The second kappa shape index (κ2) is 4.39. The van der Waals surface area contributed by atoms with E-state index in [1.165, 1.54) is 0 Å². The average molecular weight is 164 g/mol. The molecular weight excluding hydrogens is 152 g/mol. The number of nitriles is 1. The Hall–Kier alpha value is -1.50. The molecule has 0 bridgehead atoms. The fourth-order valence-corrected chi connectivity index (χ4v) is 0.980. The summed E-state index contributed by atoms with van der Waals surface area (Å²) in [6.07, 6.45) is 4.38. The molecule has 1 heterocycles. The number of unbranched alkanes of at least 4 members (excludes halogenated alkanes) is 2. The van der Waals surface area contributed by atoms with Crippen molar-refractivity contribution in [3.63, 3.8) is 0 Å². The van der Waals surface area contributed by atoms with Crippen molar-refractivity contribution in [2.45, 2.75) is 25.8 Å². The van der Waals surface area contributed by atoms with E-state index in [2.05, 4.69) is 11.2 Å². The highest BCUT2D eigenvalue weighted by molar-refractivity contribution is 5.23. The van der Waals surface area contributed by atoms with Gasteiger partial charge in [0.25, 0.3) is 0 Å². The number of hydrogen-bond donors (Lipinski definition) is 1. The molecule has 0 aromatic carbocycles. The van der Waals surface area contributed by atoms with Gasteiger partial charge in [-0.1, -0.05) is 0 Å². The number of rotatable bonds is 4. The lowest BCUT2D eigenvalue weighted by Gasteiger charge is -1.97. The number of aryl methyl sites for hydroxylation is 1. The van der Waals surface area contributed by atoms with Crippen molar-refractivity contribution in [3.8, 4) is 6.07 Å². The molecule has 0 atom stereocenters. The highest BCUT2D eigenvalue weighted by Gasteiger charge is 1.93. The van der Waals surface area contributed by atoms with E-state index in [-0.39, 0.29) is 0 Å². The van der Waals surface area contributed by atoms with Gasteiger partial charge in [0.1, 0.15) is 5.82 Å². The van der Waals surface area contributed by atoms with Gasteiger partial charge in [-0.25, -0.2) is 0 Å². The van der Waals surface area contributed by atoms with Crippen LogP contribution in [-0.4, -0.2) is 9.78 Å². The lowest BCUT2D eigenvalue weighted by Crippen LogP contribution is -1.99. The zero-order valence-electron chi connectivity index (χ0n) is 6.90. The van der Waals surface area contributed by atoms with Gasteiger partial charge in [0.05, 0.1) is 6.07 Å². The van der Waals surface area contributed by atoms with Gasteiger partial charge < -0.3 is 5.73 Å². The minimum absolute atomic E-state index is 0.551. The molecule has 1 aromatic rings. The lowest BCUT2D eigenvalue weighted by atomic mass is 10.2. The minimum atomic E-state index is 0.551. The van der Waals surface area contributed by atoms with Crippen molar-refractivity contribution in [3.05, 3.63) is 12.3 Å². The number of nitrogens with zero attached hydrogens (tertiary/aromatic N) is 3. The Morgan fingerprint density at radius 3 is 3.00 bits per heavy atom. The van der Waals surface area contributed by atoms with E-state index in [1.807, 2.05) is 6.20 Å². The van der Waals surface area contributed by atoms with E-state index >= 15 is 0 Å². The molecular formula is C8H12N4. The van der Waals surface area contributed by atoms with Gasteiger partial charge >= 0.3 is 0 Å². The molecule has 0 aliphatic carbocycles. The summed E-state index contributed by atoms with van der Waals surface area (Å²) in [4.78, 5) is 0. The second-order valence-corrected chi connectivity index (χ2v) is 2.62. The third kappa shape index (κ3) is 2.62. The molecule has 0 radical (unpaired) electrons. The maximum atomic E-state index is 8.28. The van der Waals surface area contributed by atoms with Crippen LogP contribution in [0, 0.1) is 11.3 Å². The third-order valence-electron chi connectivity index (χ3n) is 1.59. The van der Waals surface area contributed by atoms with Crippen LogP contribution in [0.25, 0.3) is 0 Å². The zero-order chi connectivity index (χ0) is 8.81. The predicted octanol–water partition coefficient (Wildman–Crippen LogP) is 1.16. The first-order valence-corrected chi connectivity index (χ1v) is 3.99. The zero-order valence-corrected chi connectivity index (χ0v) is 6.90. The van der Waals surface area contributed by atoms with Crippen molar-refractivity contribution in [2.75, 3.05) is 5.73 Å². The van der Waals surface area contributed by atoms with Gasteiger partial charge in [-0.15, -0.1) is 0 Å². The molecule has 64 valence electrons. The summed E-state index contributed by atoms with van der Waals surface area (Å²) in [6.45, 7) is 0.846. The lowest BCUT2D eigenvalue weighted by molar-refractivity contribution is 0.563. The van der Waals surface area contributed by atoms with Crippen LogP contribution in [0.4, 0.5) is 5.82 Å². The van der Waals surface area contributed by atoms with Crippen molar-refractivity contribution in [1.29, 1.82) is 5.26 Å². The summed E-state index contributed by atoms with van der Waals surface area (Å²) < 4.78 is 1.80. The Morgan fingerprint density at radius 2 is 2.42 bits per heavy atom. The topological polar surface area (TPSA) is 67.6 Å². The fourth-order valence-electron chi connectivity index (χ4n) is 0.980. The number of nitrogens with two attached hydrogens (primary N) is 1. The number of anilines is 1. The van der Waals surface area contributed by atoms with E-state index in [1.54, 1.807) is 10.7 Å². The quantitative estimate of drug-likeness (QED) is 0.679. The van der Waals surface area contributed by atoms with E-state index in [4.69, 9.17) is 11.0 Å². The summed E-state index contributed by atoms with van der Waals surface area (Å²) >= 11 is 0. The number of hydrogen-bond acceptors (Lipinski definition) is 3. The molecule has 12 heavy (non-hydrogen) atoms. The Bertz CT molecular complexity index is 271. The van der Waals surface area contributed by atoms with E-state index < -0.39 is 0 Å². The van der Waals surface area contributed by atoms with Crippen LogP contribution in [0.1, 0.15) is 19.3 Å². The molecule has 0 unspecified atom stereocenters. The Kier molecular flexibility index (Phi) is 3.15. The van der Waals surface area contributed by atoms with E-state index in [9.17, 15) is 0 Å². The van der Waals surface area contributed by atoms with Crippen molar-refractivity contribution < 1.29 is 0 Å². The molecule has 1 aromatic heterocycles. The molecule has 0 amide bonds. The van der Waals surface area contributed by atoms with E-state index in [0.29, 0.717) is 12.2 Å². The molecule has 0 saturated carbocycles. The summed E-state index contributed by atoms with van der Waals surface area (Å²) in [5.41, 5.74) is 5.42. The largest absolute Gasteiger partial charge is 0.382 e. The van der Waals surface area contributed by atoms with Crippen LogP contribution >= 0.6 is 0 Å². The van der Waals surface area contributed by atoms with Crippen molar-refractivity contribution in [1.82, 2.24) is 9.78 Å². The Labute approximate surface area is 71.6 Å². The Morgan fingerprint density at radius 1 is 1.58 bits per heavy atom. The van der Waals surface area contributed by atoms with Gasteiger partial charge in [-0.2, -0.15) is 10.4 Å². The Balaban J connectivity index is 2.21. The van der Waals surface area contributed by atoms with Crippen LogP contribution < -0.4 is 5.73 Å². The van der Waals surface area contributed by atoms with Crippen LogP contribution in [0.2, 0.25) is 0 Å². The standard InChI is InChI=1S/C8H12N4/c9-5-2-1-3-6-12-7-4-8(10)11-12/h4,7H,1-3,6H2,(H2,10,11). The fraction of sp³-hybridized carbons (Fsp3) is 0.500. The monoisotopic (exact) mass is 164 g/mol. The molecule has 1 rings (SSSR count). The summed E-state index contributed by atoms with van der Waals surface area (Å²) in [7, 11) is 0. The van der Waals surface area contributed by atoms with E-state index in [0.717, 1.165) is 19.4 Å². The first kappa shape index (κ1) is 8.60. The molecule has 4 nitrogen and oxygen atoms in total. The van der Waals surface area contributed by atoms with Crippen molar-refractivity contribution >= 4 is 5.82 Å². The average Bonchev–Trinajstić information content (AvgIpc) is 2.45. The van der Waals surface area contributed by atoms with Crippen LogP contribution in [0.3, 0.4) is 0 Å². The maximum Gasteiger partial charge on any atom is 0.145 e. The molecule has 2 N–H and O–H groups in total. The summed E-state index contributed by atoms with van der Waals surface area (Å²) in [5.74, 6) is 0.551. The molecule has 0 spiro atoms. The number of nitrogen functional groups attached to an aromatic ring is 1. The maximum absolute atomic E-state index is 8.28. The van der Waals surface area contributed by atoms with Gasteiger partial charge in [-0.3, -0.25) is 4.68 Å². The summed E-state index contributed by atoms with van der Waals surface area (Å²) in [5, 5.41) is 12.3. The van der Waals surface area contributed by atoms with Gasteiger partial charge in [0.15, 0.2) is 0 Å². The van der Waals surface area contributed by atoms with Crippen LogP contribution in [0.5, 0.6) is 0 Å². The minimum Gasteiger partial charge on any atom is -0.382 e. The second-order valence-electron chi connectivity index (χ2n) is 2.62.